The van der Waals surface area contributed by atoms with Gasteiger partial charge in [0.15, 0.2) is 0 Å². The van der Waals surface area contributed by atoms with Crippen LogP contribution in [0.2, 0.25) is 0 Å². The van der Waals surface area contributed by atoms with Crippen LogP contribution in [-0.2, 0) is 4.74 Å². The molecule has 3 N–H and O–H groups in total. The maximum absolute atomic E-state index is 12.0. The Labute approximate surface area is 134 Å². The van der Waals surface area contributed by atoms with Crippen LogP contribution in [0.4, 0.5) is 21.0 Å². The number of urea groups is 1. The van der Waals surface area contributed by atoms with Crippen LogP contribution in [0.5, 0.6) is 0 Å². The second kappa shape index (κ2) is 7.35. The molecule has 122 valence electrons. The second-order valence-corrected chi connectivity index (χ2v) is 4.97. The second-order valence-electron chi connectivity index (χ2n) is 4.97. The van der Waals surface area contributed by atoms with Crippen LogP contribution >= 0.6 is 0 Å². The van der Waals surface area contributed by atoms with Crippen molar-refractivity contribution in [2.24, 2.45) is 0 Å². The van der Waals surface area contributed by atoms with Crippen molar-refractivity contribution in [3.8, 4) is 0 Å². The van der Waals surface area contributed by atoms with E-state index in [1.165, 1.54) is 7.11 Å². The average molecular weight is 317 g/mol. The molecule has 0 saturated carbocycles. The first-order chi connectivity index (χ1) is 11.0. The summed E-state index contributed by atoms with van der Waals surface area (Å²) >= 11 is 0. The van der Waals surface area contributed by atoms with Crippen molar-refractivity contribution < 1.29 is 18.7 Å². The molecule has 7 nitrogen and oxygen atoms in total. The monoisotopic (exact) mass is 317 g/mol. The molecule has 3 amide bonds. The molecule has 23 heavy (non-hydrogen) atoms. The van der Waals surface area contributed by atoms with Gasteiger partial charge in [-0.2, -0.15) is 0 Å². The normalized spacial score (nSPS) is 11.4. The molecular weight excluding hydrogens is 298 g/mol. The summed E-state index contributed by atoms with van der Waals surface area (Å²) in [6.45, 7) is 3.67. The lowest BCUT2D eigenvalue weighted by Gasteiger charge is -2.13. The Morgan fingerprint density at radius 1 is 1.13 bits per heavy atom. The number of nitrogens with one attached hydrogen (secondary N) is 3. The van der Waals surface area contributed by atoms with E-state index >= 15 is 0 Å². The highest BCUT2D eigenvalue weighted by atomic mass is 16.5. The summed E-state index contributed by atoms with van der Waals surface area (Å²) in [7, 11) is 1.28. The van der Waals surface area contributed by atoms with Gasteiger partial charge in [-0.05, 0) is 44.2 Å². The van der Waals surface area contributed by atoms with E-state index in [0.717, 1.165) is 5.76 Å². The standard InChI is InChI=1S/C16H19N3O4/c1-10-7-8-14(23-10)11(2)17-15(20)18-12-5-4-6-13(9-12)19-16(21)22-3/h4-9,11H,1-3H3,(H,19,21)(H2,17,18,20)/t11-/m1/s1. The third kappa shape index (κ3) is 4.77. The first-order valence-corrected chi connectivity index (χ1v) is 7.07. The number of hydrogen-bond donors (Lipinski definition) is 3. The quantitative estimate of drug-likeness (QED) is 0.802. The van der Waals surface area contributed by atoms with Crippen LogP contribution in [0, 0.1) is 6.92 Å². The molecule has 7 heteroatoms. The van der Waals surface area contributed by atoms with E-state index in [1.54, 1.807) is 24.3 Å². The third-order valence-electron chi connectivity index (χ3n) is 3.09. The number of amides is 3. The molecule has 0 aliphatic carbocycles. The molecule has 0 spiro atoms. The number of rotatable bonds is 4. The van der Waals surface area contributed by atoms with Crippen LogP contribution < -0.4 is 16.0 Å². The first kappa shape index (κ1) is 16.4. The van der Waals surface area contributed by atoms with Gasteiger partial charge in [0.2, 0.25) is 0 Å². The maximum atomic E-state index is 12.0. The van der Waals surface area contributed by atoms with E-state index < -0.39 is 6.09 Å². The molecule has 1 heterocycles. The summed E-state index contributed by atoms with van der Waals surface area (Å²) in [5, 5.41) is 8.00. The lowest BCUT2D eigenvalue weighted by molar-refractivity contribution is 0.187. The molecular formula is C16H19N3O4. The van der Waals surface area contributed by atoms with Crippen molar-refractivity contribution in [1.29, 1.82) is 0 Å². The molecule has 0 saturated heterocycles. The number of aryl methyl sites for hydroxylation is 1. The van der Waals surface area contributed by atoms with E-state index in [0.29, 0.717) is 17.1 Å². The average Bonchev–Trinajstić information content (AvgIpc) is 2.94. The third-order valence-corrected chi connectivity index (χ3v) is 3.09. The Bertz CT molecular complexity index is 696. The molecule has 2 aromatic rings. The summed E-state index contributed by atoms with van der Waals surface area (Å²) in [4.78, 5) is 23.2. The Morgan fingerprint density at radius 2 is 1.83 bits per heavy atom. The number of benzene rings is 1. The van der Waals surface area contributed by atoms with Crippen LogP contribution in [0.1, 0.15) is 24.5 Å². The van der Waals surface area contributed by atoms with Crippen molar-refractivity contribution in [1.82, 2.24) is 5.32 Å². The number of hydrogen-bond acceptors (Lipinski definition) is 4. The van der Waals surface area contributed by atoms with E-state index in [1.807, 2.05) is 26.0 Å². The summed E-state index contributed by atoms with van der Waals surface area (Å²) in [5.41, 5.74) is 1.06. The summed E-state index contributed by atoms with van der Waals surface area (Å²) in [6.07, 6.45) is -0.576. The van der Waals surface area contributed by atoms with Gasteiger partial charge in [-0.25, -0.2) is 9.59 Å². The Morgan fingerprint density at radius 3 is 2.43 bits per heavy atom. The number of carbonyl (C=O) groups excluding carboxylic acids is 2. The molecule has 0 radical (unpaired) electrons. The fraction of sp³-hybridized carbons (Fsp3) is 0.250. The smallest absolute Gasteiger partial charge is 0.411 e. The molecule has 0 fully saturated rings. The lowest BCUT2D eigenvalue weighted by Crippen LogP contribution is -2.31. The largest absolute Gasteiger partial charge is 0.464 e. The van der Waals surface area contributed by atoms with Crippen LogP contribution in [0.25, 0.3) is 0 Å². The molecule has 0 aliphatic heterocycles. The molecule has 0 bridgehead atoms. The van der Waals surface area contributed by atoms with E-state index in [-0.39, 0.29) is 12.1 Å². The molecule has 0 aliphatic rings. The van der Waals surface area contributed by atoms with Crippen molar-refractivity contribution in [3.05, 3.63) is 47.9 Å². The van der Waals surface area contributed by atoms with Crippen molar-refractivity contribution in [3.63, 3.8) is 0 Å². The molecule has 2 rings (SSSR count). The number of anilines is 2. The molecule has 0 unspecified atom stereocenters. The van der Waals surface area contributed by atoms with Gasteiger partial charge in [0.05, 0.1) is 13.2 Å². The Balaban J connectivity index is 1.94. The highest BCUT2D eigenvalue weighted by Gasteiger charge is 2.13. The summed E-state index contributed by atoms with van der Waals surface area (Å²) in [5.74, 6) is 1.47. The number of ether oxygens (including phenoxy) is 1. The van der Waals surface area contributed by atoms with Gasteiger partial charge in [-0.1, -0.05) is 6.07 Å². The van der Waals surface area contributed by atoms with Gasteiger partial charge >= 0.3 is 12.1 Å². The SMILES string of the molecule is COC(=O)Nc1cccc(NC(=O)N[C@H](C)c2ccc(C)o2)c1. The van der Waals surface area contributed by atoms with Gasteiger partial charge < -0.3 is 19.8 Å². The topological polar surface area (TPSA) is 92.6 Å². The van der Waals surface area contributed by atoms with Gasteiger partial charge in [0.25, 0.3) is 0 Å². The zero-order chi connectivity index (χ0) is 16.8. The van der Waals surface area contributed by atoms with E-state index in [9.17, 15) is 9.59 Å². The minimum atomic E-state index is -0.576. The fourth-order valence-corrected chi connectivity index (χ4v) is 1.96. The molecule has 1 atom stereocenters. The van der Waals surface area contributed by atoms with Crippen molar-refractivity contribution in [2.45, 2.75) is 19.9 Å². The lowest BCUT2D eigenvalue weighted by atomic mass is 10.2. The molecule has 1 aromatic heterocycles. The highest BCUT2D eigenvalue weighted by molar-refractivity contribution is 5.91. The number of carbonyl (C=O) groups is 2. The van der Waals surface area contributed by atoms with Gasteiger partial charge in [0, 0.05) is 11.4 Å². The van der Waals surface area contributed by atoms with Gasteiger partial charge in [-0.3, -0.25) is 5.32 Å². The molecule has 1 aromatic carbocycles. The van der Waals surface area contributed by atoms with E-state index in [4.69, 9.17) is 4.42 Å². The Hall–Kier alpha value is -2.96. The van der Waals surface area contributed by atoms with Crippen LogP contribution in [-0.4, -0.2) is 19.2 Å². The fourth-order valence-electron chi connectivity index (χ4n) is 1.96. The van der Waals surface area contributed by atoms with Crippen LogP contribution in [0.3, 0.4) is 0 Å². The van der Waals surface area contributed by atoms with Crippen LogP contribution in [0.15, 0.2) is 40.8 Å². The predicted octanol–water partition coefficient (Wildman–Crippen LogP) is 3.65. The van der Waals surface area contributed by atoms with E-state index in [2.05, 4.69) is 20.7 Å². The zero-order valence-electron chi connectivity index (χ0n) is 13.2. The predicted molar refractivity (Wildman–Crippen MR) is 86.5 cm³/mol. The number of furan rings is 1. The van der Waals surface area contributed by atoms with Gasteiger partial charge in [-0.15, -0.1) is 0 Å². The van der Waals surface area contributed by atoms with Gasteiger partial charge in [0.1, 0.15) is 11.5 Å². The van der Waals surface area contributed by atoms with Crippen molar-refractivity contribution >= 4 is 23.5 Å². The summed E-state index contributed by atoms with van der Waals surface area (Å²) < 4.78 is 9.99. The minimum absolute atomic E-state index is 0.264. The highest BCUT2D eigenvalue weighted by Crippen LogP contribution is 2.17. The minimum Gasteiger partial charge on any atom is -0.464 e. The summed E-state index contributed by atoms with van der Waals surface area (Å²) in [6, 6.07) is 9.76. The first-order valence-electron chi connectivity index (χ1n) is 7.07. The maximum Gasteiger partial charge on any atom is 0.411 e. The van der Waals surface area contributed by atoms with Crippen molar-refractivity contribution in [2.75, 3.05) is 17.7 Å². The Kier molecular flexibility index (Phi) is 5.24. The zero-order valence-corrected chi connectivity index (χ0v) is 13.2. The number of methoxy groups -OCH3 is 1.